The number of hydrogen-bond donors (Lipinski definition) is 1. The van der Waals surface area contributed by atoms with E-state index in [1.54, 1.807) is 38.7 Å². The molecule has 9 nitrogen and oxygen atoms in total. The zero-order valence-corrected chi connectivity index (χ0v) is 18.8. The van der Waals surface area contributed by atoms with Crippen molar-refractivity contribution >= 4 is 51.4 Å². The second kappa shape index (κ2) is 10.4. The summed E-state index contributed by atoms with van der Waals surface area (Å²) in [5, 5.41) is 13.2. The van der Waals surface area contributed by atoms with Crippen LogP contribution in [-0.4, -0.2) is 53.6 Å². The minimum atomic E-state index is -0.393. The van der Waals surface area contributed by atoms with Crippen molar-refractivity contribution in [3.8, 4) is 22.1 Å². The molecule has 158 valence electrons. The van der Waals surface area contributed by atoms with Crippen LogP contribution in [-0.2, 0) is 9.53 Å². The molecule has 0 radical (unpaired) electrons. The molecule has 2 heterocycles. The van der Waals surface area contributed by atoms with Crippen molar-refractivity contribution < 1.29 is 23.8 Å². The minimum Gasteiger partial charge on any atom is -0.493 e. The van der Waals surface area contributed by atoms with E-state index >= 15 is 0 Å². The molecule has 2 aromatic heterocycles. The van der Waals surface area contributed by atoms with Gasteiger partial charge < -0.3 is 14.2 Å². The number of esters is 1. The van der Waals surface area contributed by atoms with E-state index in [1.807, 2.05) is 6.07 Å². The van der Waals surface area contributed by atoms with Crippen LogP contribution < -0.4 is 14.8 Å². The van der Waals surface area contributed by atoms with Gasteiger partial charge in [0.2, 0.25) is 5.13 Å². The third-order valence-corrected chi connectivity index (χ3v) is 6.45. The molecule has 12 heteroatoms. The topological polar surface area (TPSA) is 113 Å². The number of methoxy groups -OCH3 is 2. The molecule has 1 amide bonds. The zero-order valence-electron chi connectivity index (χ0n) is 16.3. The Morgan fingerprint density at radius 1 is 1.17 bits per heavy atom. The summed E-state index contributed by atoms with van der Waals surface area (Å²) in [5.41, 5.74) is 1.07. The number of carbonyl (C=O) groups excluding carboxylic acids is 2. The highest BCUT2D eigenvalue weighted by molar-refractivity contribution is 8.01. The first-order valence-corrected chi connectivity index (χ1v) is 11.3. The smallest absolute Gasteiger partial charge is 0.316 e. The lowest BCUT2D eigenvalue weighted by atomic mass is 10.2. The maximum absolute atomic E-state index is 12.5. The summed E-state index contributed by atoms with van der Waals surface area (Å²) in [5.74, 6) is 0.614. The van der Waals surface area contributed by atoms with E-state index in [1.165, 1.54) is 34.4 Å². The predicted molar refractivity (Wildman–Crippen MR) is 116 cm³/mol. The van der Waals surface area contributed by atoms with Crippen LogP contribution in [0.25, 0.3) is 10.6 Å². The Labute approximate surface area is 184 Å². The Bertz CT molecular complexity index is 1040. The number of nitrogens with one attached hydrogen (secondary N) is 1. The highest BCUT2D eigenvalue weighted by Gasteiger charge is 2.16. The first-order chi connectivity index (χ1) is 14.5. The molecule has 0 bridgehead atoms. The fraction of sp³-hybridized carbons (Fsp3) is 0.278. The SMILES string of the molecule is CCOC(=O)CSc1nnc(NC(=O)c2csc(-c3ccc(OC)c(OC)c3)n2)s1. The molecule has 1 aromatic carbocycles. The molecule has 1 N–H and O–H groups in total. The van der Waals surface area contributed by atoms with Crippen LogP contribution in [0.2, 0.25) is 0 Å². The fourth-order valence-electron chi connectivity index (χ4n) is 2.28. The number of hydrogen-bond acceptors (Lipinski definition) is 11. The van der Waals surface area contributed by atoms with E-state index in [4.69, 9.17) is 14.2 Å². The van der Waals surface area contributed by atoms with Gasteiger partial charge in [-0.2, -0.15) is 0 Å². The van der Waals surface area contributed by atoms with Crippen molar-refractivity contribution in [3.05, 3.63) is 29.3 Å². The Kier molecular flexibility index (Phi) is 7.60. The molecule has 0 spiro atoms. The molecular formula is C18H18N4O5S3. The maximum atomic E-state index is 12.5. The quantitative estimate of drug-likeness (QED) is 0.287. The van der Waals surface area contributed by atoms with Crippen molar-refractivity contribution in [2.75, 3.05) is 31.9 Å². The average Bonchev–Trinajstić information content (AvgIpc) is 3.42. The minimum absolute atomic E-state index is 0.136. The van der Waals surface area contributed by atoms with Gasteiger partial charge in [0.25, 0.3) is 5.91 Å². The molecule has 0 saturated carbocycles. The highest BCUT2D eigenvalue weighted by atomic mass is 32.2. The first-order valence-electron chi connectivity index (χ1n) is 8.65. The van der Waals surface area contributed by atoms with Gasteiger partial charge in [0.15, 0.2) is 15.8 Å². The molecule has 3 rings (SSSR count). The lowest BCUT2D eigenvalue weighted by Gasteiger charge is -2.08. The van der Waals surface area contributed by atoms with E-state index in [0.717, 1.165) is 5.56 Å². The summed E-state index contributed by atoms with van der Waals surface area (Å²) in [7, 11) is 3.13. The fourth-order valence-corrected chi connectivity index (χ4v) is 4.62. The number of aromatic nitrogens is 3. The standard InChI is InChI=1S/C18H18N4O5S3/c1-4-27-14(23)9-29-18-22-21-17(30-18)20-15(24)11-8-28-16(19-11)10-5-6-12(25-2)13(7-10)26-3/h5-8H,4,9H2,1-3H3,(H,20,21,24). The Balaban J connectivity index is 1.64. The largest absolute Gasteiger partial charge is 0.493 e. The van der Waals surface area contributed by atoms with Gasteiger partial charge >= 0.3 is 5.97 Å². The molecule has 0 aliphatic heterocycles. The summed E-state index contributed by atoms with van der Waals surface area (Å²) in [4.78, 5) is 28.3. The van der Waals surface area contributed by atoms with Crippen molar-refractivity contribution in [2.45, 2.75) is 11.3 Å². The molecule has 3 aromatic rings. The lowest BCUT2D eigenvalue weighted by Crippen LogP contribution is -2.12. The molecule has 0 aliphatic rings. The van der Waals surface area contributed by atoms with Gasteiger partial charge in [0.1, 0.15) is 10.7 Å². The zero-order chi connectivity index (χ0) is 21.5. The van der Waals surface area contributed by atoms with Gasteiger partial charge in [-0.15, -0.1) is 21.5 Å². The number of thiazole rings is 1. The van der Waals surface area contributed by atoms with Crippen molar-refractivity contribution in [1.29, 1.82) is 0 Å². The van der Waals surface area contributed by atoms with Crippen molar-refractivity contribution in [3.63, 3.8) is 0 Å². The van der Waals surface area contributed by atoms with Crippen molar-refractivity contribution in [1.82, 2.24) is 15.2 Å². The number of benzene rings is 1. The maximum Gasteiger partial charge on any atom is 0.316 e. The Morgan fingerprint density at radius 2 is 1.97 bits per heavy atom. The number of nitrogens with zero attached hydrogens (tertiary/aromatic N) is 3. The molecule has 0 aliphatic carbocycles. The molecule has 0 unspecified atom stereocenters. The summed E-state index contributed by atoms with van der Waals surface area (Å²) in [6.07, 6.45) is 0. The van der Waals surface area contributed by atoms with Crippen LogP contribution in [0.1, 0.15) is 17.4 Å². The Morgan fingerprint density at radius 3 is 2.70 bits per heavy atom. The van der Waals surface area contributed by atoms with Gasteiger partial charge in [-0.1, -0.05) is 23.1 Å². The monoisotopic (exact) mass is 466 g/mol. The summed E-state index contributed by atoms with van der Waals surface area (Å²) < 4.78 is 16.0. The molecule has 30 heavy (non-hydrogen) atoms. The van der Waals surface area contributed by atoms with Gasteiger partial charge in [-0.25, -0.2) is 4.98 Å². The predicted octanol–water partition coefficient (Wildman–Crippen LogP) is 3.59. The second-order valence-electron chi connectivity index (χ2n) is 5.53. The third kappa shape index (κ3) is 5.46. The van der Waals surface area contributed by atoms with Crippen LogP contribution in [0, 0.1) is 0 Å². The number of anilines is 1. The average molecular weight is 467 g/mol. The van der Waals surface area contributed by atoms with Crippen LogP contribution in [0.3, 0.4) is 0 Å². The number of carbonyl (C=O) groups is 2. The van der Waals surface area contributed by atoms with E-state index in [-0.39, 0.29) is 17.4 Å². The summed E-state index contributed by atoms with van der Waals surface area (Å²) in [6.45, 7) is 2.08. The number of ether oxygens (including phenoxy) is 3. The molecular weight excluding hydrogens is 448 g/mol. The molecule has 0 fully saturated rings. The second-order valence-corrected chi connectivity index (χ2v) is 8.59. The number of thioether (sulfide) groups is 1. The molecule has 0 atom stereocenters. The first kappa shape index (κ1) is 22.0. The highest BCUT2D eigenvalue weighted by Crippen LogP contribution is 2.33. The van der Waals surface area contributed by atoms with E-state index in [2.05, 4.69) is 20.5 Å². The number of rotatable bonds is 9. The summed E-state index contributed by atoms with van der Waals surface area (Å²) >= 11 is 3.72. The summed E-state index contributed by atoms with van der Waals surface area (Å²) in [6, 6.07) is 5.43. The Hall–Kier alpha value is -2.70. The van der Waals surface area contributed by atoms with E-state index < -0.39 is 5.91 Å². The number of amides is 1. The van der Waals surface area contributed by atoms with Gasteiger partial charge in [0.05, 0.1) is 26.6 Å². The molecule has 0 saturated heterocycles. The third-order valence-electron chi connectivity index (χ3n) is 3.61. The van der Waals surface area contributed by atoms with E-state index in [9.17, 15) is 9.59 Å². The van der Waals surface area contributed by atoms with Gasteiger partial charge in [-0.05, 0) is 25.1 Å². The van der Waals surface area contributed by atoms with Crippen molar-refractivity contribution in [2.24, 2.45) is 0 Å². The van der Waals surface area contributed by atoms with Crippen LogP contribution in [0.4, 0.5) is 5.13 Å². The van der Waals surface area contributed by atoms with Gasteiger partial charge in [-0.3, -0.25) is 14.9 Å². The van der Waals surface area contributed by atoms with Gasteiger partial charge in [0, 0.05) is 10.9 Å². The lowest BCUT2D eigenvalue weighted by molar-refractivity contribution is -0.139. The van der Waals surface area contributed by atoms with Crippen LogP contribution in [0.15, 0.2) is 27.9 Å². The van der Waals surface area contributed by atoms with Crippen LogP contribution >= 0.6 is 34.4 Å². The van der Waals surface area contributed by atoms with E-state index in [0.29, 0.717) is 32.6 Å². The van der Waals surface area contributed by atoms with Crippen LogP contribution in [0.5, 0.6) is 11.5 Å². The normalized spacial score (nSPS) is 10.5.